The van der Waals surface area contributed by atoms with Gasteiger partial charge in [0.25, 0.3) is 0 Å². The number of nitrogens with one attached hydrogen (secondary N) is 1. The Balaban J connectivity index is 1.62. The third-order valence-corrected chi connectivity index (χ3v) is 4.49. The first-order chi connectivity index (χ1) is 9.84. The highest BCUT2D eigenvalue weighted by Gasteiger charge is 2.54. The van der Waals surface area contributed by atoms with Crippen LogP contribution in [0.4, 0.5) is 23.7 Å². The zero-order valence-corrected chi connectivity index (χ0v) is 11.8. The van der Waals surface area contributed by atoms with Crippen molar-refractivity contribution in [2.24, 2.45) is 5.92 Å². The summed E-state index contributed by atoms with van der Waals surface area (Å²) in [5.74, 6) is -1.28. The Morgan fingerprint density at radius 3 is 2.24 bits per heavy atom. The summed E-state index contributed by atoms with van der Waals surface area (Å²) >= 11 is 5.76. The number of benzene rings is 1. The largest absolute Gasteiger partial charge is 0.391 e. The van der Waals surface area contributed by atoms with Gasteiger partial charge >= 0.3 is 12.2 Å². The molecule has 2 heterocycles. The molecule has 3 rings (SSSR count). The average molecular weight is 319 g/mol. The highest BCUT2D eigenvalue weighted by atomic mass is 35.5. The van der Waals surface area contributed by atoms with E-state index in [4.69, 9.17) is 11.6 Å². The zero-order valence-electron chi connectivity index (χ0n) is 11.0. The fraction of sp³-hybridized carbons (Fsp3) is 0.500. The second-order valence-electron chi connectivity index (χ2n) is 5.60. The van der Waals surface area contributed by atoms with Crippen molar-refractivity contribution in [3.8, 4) is 0 Å². The molecule has 114 valence electrons. The van der Waals surface area contributed by atoms with Crippen molar-refractivity contribution in [1.82, 2.24) is 4.90 Å². The van der Waals surface area contributed by atoms with Crippen LogP contribution in [0.5, 0.6) is 0 Å². The SMILES string of the molecule is O=C(Nc1ccc(Cl)cc1)N1C2CC(C(F)(F)F)C[C@H]1C2. The van der Waals surface area contributed by atoms with Crippen molar-refractivity contribution in [2.75, 3.05) is 5.32 Å². The number of alkyl halides is 3. The summed E-state index contributed by atoms with van der Waals surface area (Å²) in [7, 11) is 0. The van der Waals surface area contributed by atoms with Crippen molar-refractivity contribution in [3.63, 3.8) is 0 Å². The van der Waals surface area contributed by atoms with Gasteiger partial charge in [0.15, 0.2) is 0 Å². The Morgan fingerprint density at radius 1 is 1.14 bits per heavy atom. The molecule has 2 amide bonds. The topological polar surface area (TPSA) is 32.3 Å². The second-order valence-corrected chi connectivity index (χ2v) is 6.03. The van der Waals surface area contributed by atoms with Gasteiger partial charge in [0, 0.05) is 22.8 Å². The number of halogens is 4. The molecule has 2 aliphatic rings. The molecule has 2 bridgehead atoms. The van der Waals surface area contributed by atoms with E-state index in [2.05, 4.69) is 5.32 Å². The quantitative estimate of drug-likeness (QED) is 0.823. The monoisotopic (exact) mass is 318 g/mol. The summed E-state index contributed by atoms with van der Waals surface area (Å²) < 4.78 is 38.1. The van der Waals surface area contributed by atoms with Crippen molar-refractivity contribution in [2.45, 2.75) is 37.5 Å². The highest BCUT2D eigenvalue weighted by molar-refractivity contribution is 6.30. The zero-order chi connectivity index (χ0) is 15.2. The number of carbonyl (C=O) groups excluding carboxylic acids is 1. The normalized spacial score (nSPS) is 28.0. The van der Waals surface area contributed by atoms with Crippen molar-refractivity contribution >= 4 is 23.3 Å². The Morgan fingerprint density at radius 2 is 1.71 bits per heavy atom. The molecule has 1 N–H and O–H groups in total. The average Bonchev–Trinajstić information content (AvgIpc) is 2.40. The Bertz CT molecular complexity index is 534. The summed E-state index contributed by atoms with van der Waals surface area (Å²) in [6.07, 6.45) is -3.47. The first kappa shape index (κ1) is 14.5. The molecule has 1 aromatic rings. The maximum Gasteiger partial charge on any atom is 0.391 e. The number of anilines is 1. The lowest BCUT2D eigenvalue weighted by Gasteiger charge is -2.55. The Hall–Kier alpha value is -1.43. The lowest BCUT2D eigenvalue weighted by molar-refractivity contribution is -0.205. The first-order valence-electron chi connectivity index (χ1n) is 6.76. The van der Waals surface area contributed by atoms with Crippen LogP contribution < -0.4 is 5.32 Å². The second kappa shape index (κ2) is 5.09. The smallest absolute Gasteiger partial charge is 0.318 e. The third kappa shape index (κ3) is 2.81. The van der Waals surface area contributed by atoms with Gasteiger partial charge in [-0.1, -0.05) is 11.6 Å². The van der Waals surface area contributed by atoms with Crippen LogP contribution in [0.2, 0.25) is 5.02 Å². The standard InChI is InChI=1S/C14H14ClF3N2O/c15-9-1-3-10(4-2-9)19-13(21)20-11-5-8(14(16,17)18)6-12(20)7-11/h1-4,8,11-12H,5-7H2,(H,19,21)/t8?,11-,12?/m0/s1. The van der Waals surface area contributed by atoms with Crippen molar-refractivity contribution < 1.29 is 18.0 Å². The lowest BCUT2D eigenvalue weighted by Crippen LogP contribution is -2.65. The first-order valence-corrected chi connectivity index (χ1v) is 7.14. The van der Waals surface area contributed by atoms with Crippen LogP contribution in [-0.4, -0.2) is 29.2 Å². The highest BCUT2D eigenvalue weighted by Crippen LogP contribution is 2.47. The van der Waals surface area contributed by atoms with Gasteiger partial charge in [-0.25, -0.2) is 4.79 Å². The predicted octanol–water partition coefficient (Wildman–Crippen LogP) is 4.29. The van der Waals surface area contributed by atoms with E-state index in [0.717, 1.165) is 0 Å². The van der Waals surface area contributed by atoms with E-state index in [1.54, 1.807) is 24.3 Å². The number of nitrogens with zero attached hydrogens (tertiary/aromatic N) is 1. The van der Waals surface area contributed by atoms with Crippen LogP contribution >= 0.6 is 11.6 Å². The van der Waals surface area contributed by atoms with Gasteiger partial charge in [0.2, 0.25) is 0 Å². The van der Waals surface area contributed by atoms with E-state index in [9.17, 15) is 18.0 Å². The van der Waals surface area contributed by atoms with E-state index in [0.29, 0.717) is 17.1 Å². The van der Waals surface area contributed by atoms with Crippen molar-refractivity contribution in [3.05, 3.63) is 29.3 Å². The van der Waals surface area contributed by atoms with Gasteiger partial charge in [-0.15, -0.1) is 0 Å². The minimum Gasteiger partial charge on any atom is -0.318 e. The number of hydrogen-bond acceptors (Lipinski definition) is 1. The molecule has 0 saturated carbocycles. The fourth-order valence-corrected chi connectivity index (χ4v) is 3.32. The van der Waals surface area contributed by atoms with Crippen LogP contribution in [0.3, 0.4) is 0 Å². The molecule has 7 heteroatoms. The molecule has 2 saturated heterocycles. The van der Waals surface area contributed by atoms with Gasteiger partial charge in [-0.2, -0.15) is 13.2 Å². The molecule has 2 aliphatic heterocycles. The van der Waals surface area contributed by atoms with Crippen LogP contribution in [0.25, 0.3) is 0 Å². The minimum absolute atomic E-state index is 0.00797. The lowest BCUT2D eigenvalue weighted by atomic mass is 9.73. The van der Waals surface area contributed by atoms with Gasteiger partial charge < -0.3 is 10.2 Å². The Kier molecular flexibility index (Phi) is 3.51. The van der Waals surface area contributed by atoms with Crippen LogP contribution in [0.15, 0.2) is 24.3 Å². The maximum absolute atomic E-state index is 12.7. The number of amides is 2. The van der Waals surface area contributed by atoms with E-state index in [1.807, 2.05) is 0 Å². The summed E-state index contributed by atoms with van der Waals surface area (Å²) in [6, 6.07) is 5.68. The summed E-state index contributed by atoms with van der Waals surface area (Å²) in [6.45, 7) is 0. The summed E-state index contributed by atoms with van der Waals surface area (Å²) in [4.78, 5) is 13.7. The molecule has 0 aromatic heterocycles. The number of carbonyl (C=O) groups is 1. The van der Waals surface area contributed by atoms with Gasteiger partial charge in [-0.3, -0.25) is 0 Å². The van der Waals surface area contributed by atoms with E-state index >= 15 is 0 Å². The molecule has 2 unspecified atom stereocenters. The van der Waals surface area contributed by atoms with Crippen LogP contribution in [0.1, 0.15) is 19.3 Å². The molecular formula is C14H14ClF3N2O. The Labute approximate surface area is 125 Å². The van der Waals surface area contributed by atoms with Crippen LogP contribution in [0, 0.1) is 5.92 Å². The van der Waals surface area contributed by atoms with Gasteiger partial charge in [-0.05, 0) is 43.5 Å². The number of piperidine rings is 1. The predicted molar refractivity (Wildman–Crippen MR) is 73.3 cm³/mol. The molecule has 0 spiro atoms. The molecule has 3 atom stereocenters. The van der Waals surface area contributed by atoms with E-state index in [-0.39, 0.29) is 31.0 Å². The van der Waals surface area contributed by atoms with Crippen molar-refractivity contribution in [1.29, 1.82) is 0 Å². The maximum atomic E-state index is 12.7. The molecule has 0 radical (unpaired) electrons. The molecule has 1 aromatic carbocycles. The summed E-state index contributed by atoms with van der Waals surface area (Å²) in [5, 5.41) is 3.26. The summed E-state index contributed by atoms with van der Waals surface area (Å²) in [5.41, 5.74) is 0.585. The van der Waals surface area contributed by atoms with Gasteiger partial charge in [0.05, 0.1) is 5.92 Å². The number of hydrogen-bond donors (Lipinski definition) is 1. The van der Waals surface area contributed by atoms with Crippen LogP contribution in [-0.2, 0) is 0 Å². The molecule has 2 fully saturated rings. The third-order valence-electron chi connectivity index (χ3n) is 4.24. The minimum atomic E-state index is -4.16. The fourth-order valence-electron chi connectivity index (χ4n) is 3.19. The number of rotatable bonds is 1. The van der Waals surface area contributed by atoms with Gasteiger partial charge in [0.1, 0.15) is 0 Å². The molecular weight excluding hydrogens is 305 g/mol. The molecule has 3 nitrogen and oxygen atoms in total. The number of fused-ring (bicyclic) bond motifs is 2. The van der Waals surface area contributed by atoms with E-state index < -0.39 is 12.1 Å². The number of urea groups is 1. The van der Waals surface area contributed by atoms with E-state index in [1.165, 1.54) is 4.90 Å². The molecule has 0 aliphatic carbocycles. The molecule has 21 heavy (non-hydrogen) atoms.